The fourth-order valence-electron chi connectivity index (χ4n) is 2.56. The van der Waals surface area contributed by atoms with Crippen LogP contribution >= 0.6 is 11.6 Å². The fraction of sp³-hybridized carbons (Fsp3) is 0.312. The zero-order valence-electron chi connectivity index (χ0n) is 12.3. The van der Waals surface area contributed by atoms with Gasteiger partial charge in [-0.15, -0.1) is 4.91 Å². The number of hydrogen-bond donors (Lipinski definition) is 0. The Morgan fingerprint density at radius 1 is 1.26 bits per heavy atom. The van der Waals surface area contributed by atoms with Crippen molar-refractivity contribution in [2.75, 3.05) is 26.3 Å². The number of benzene rings is 1. The number of aromatic nitrogens is 1. The minimum absolute atomic E-state index is 0.151. The van der Waals surface area contributed by atoms with Gasteiger partial charge in [0.1, 0.15) is 16.7 Å². The minimum atomic E-state index is -0.468. The van der Waals surface area contributed by atoms with Crippen LogP contribution in [0.25, 0.3) is 11.3 Å². The highest BCUT2D eigenvalue weighted by molar-refractivity contribution is 6.29. The molecule has 1 aliphatic rings. The second-order valence-corrected chi connectivity index (χ2v) is 5.71. The lowest BCUT2D eigenvalue weighted by Gasteiger charge is -2.26. The van der Waals surface area contributed by atoms with Crippen LogP contribution < -0.4 is 0 Å². The third-order valence-corrected chi connectivity index (χ3v) is 3.89. The molecule has 5 nitrogen and oxygen atoms in total. The molecule has 0 N–H and O–H groups in total. The van der Waals surface area contributed by atoms with Crippen LogP contribution in [0.2, 0.25) is 5.15 Å². The van der Waals surface area contributed by atoms with Gasteiger partial charge in [-0.2, -0.15) is 0 Å². The van der Waals surface area contributed by atoms with E-state index in [4.69, 9.17) is 16.3 Å². The Kier molecular flexibility index (Phi) is 4.95. The number of halogens is 2. The zero-order chi connectivity index (χ0) is 16.2. The molecule has 1 aliphatic heterocycles. The second-order valence-electron chi connectivity index (χ2n) is 5.33. The first-order chi connectivity index (χ1) is 11.2. The molecular formula is C16H15ClFN3O2. The first-order valence-corrected chi connectivity index (χ1v) is 7.63. The van der Waals surface area contributed by atoms with Crippen LogP contribution in [0.3, 0.4) is 0 Å². The number of morpholine rings is 1. The van der Waals surface area contributed by atoms with E-state index in [1.807, 2.05) is 0 Å². The van der Waals surface area contributed by atoms with Crippen LogP contribution in [-0.2, 0) is 11.3 Å². The number of nitrogens with zero attached hydrogens (tertiary/aromatic N) is 3. The molecule has 0 bridgehead atoms. The van der Waals surface area contributed by atoms with Crippen molar-refractivity contribution in [3.8, 4) is 11.3 Å². The van der Waals surface area contributed by atoms with Crippen LogP contribution in [0.15, 0.2) is 35.5 Å². The monoisotopic (exact) mass is 335 g/mol. The molecule has 0 radical (unpaired) electrons. The van der Waals surface area contributed by atoms with E-state index in [1.165, 1.54) is 18.2 Å². The predicted octanol–water partition coefficient (Wildman–Crippen LogP) is 3.77. The summed E-state index contributed by atoms with van der Waals surface area (Å²) in [7, 11) is 0. The molecule has 120 valence electrons. The maximum atomic E-state index is 14.1. The summed E-state index contributed by atoms with van der Waals surface area (Å²) in [6, 6.07) is 7.45. The van der Waals surface area contributed by atoms with Crippen molar-refractivity contribution in [1.82, 2.24) is 9.88 Å². The van der Waals surface area contributed by atoms with Gasteiger partial charge in [0, 0.05) is 25.2 Å². The largest absolute Gasteiger partial charge is 0.379 e. The van der Waals surface area contributed by atoms with E-state index < -0.39 is 5.82 Å². The van der Waals surface area contributed by atoms with Crippen molar-refractivity contribution in [1.29, 1.82) is 0 Å². The van der Waals surface area contributed by atoms with Crippen LogP contribution in [0.5, 0.6) is 0 Å². The molecule has 0 aliphatic carbocycles. The lowest BCUT2D eigenvalue weighted by molar-refractivity contribution is 0.0342. The molecule has 1 aromatic heterocycles. The summed E-state index contributed by atoms with van der Waals surface area (Å²) >= 11 is 6.08. The molecule has 0 spiro atoms. The van der Waals surface area contributed by atoms with E-state index >= 15 is 0 Å². The zero-order valence-corrected chi connectivity index (χ0v) is 13.1. The normalized spacial score (nSPS) is 15.6. The average molecular weight is 336 g/mol. The maximum absolute atomic E-state index is 14.1. The summed E-state index contributed by atoms with van der Waals surface area (Å²) < 4.78 is 19.4. The van der Waals surface area contributed by atoms with Gasteiger partial charge in [-0.25, -0.2) is 9.37 Å². The Labute approximate surface area is 138 Å². The summed E-state index contributed by atoms with van der Waals surface area (Å²) in [4.78, 5) is 17.1. The van der Waals surface area contributed by atoms with Gasteiger partial charge in [-0.3, -0.25) is 4.90 Å². The lowest BCUT2D eigenvalue weighted by atomic mass is 10.1. The molecule has 1 fully saturated rings. The summed E-state index contributed by atoms with van der Waals surface area (Å²) in [5.74, 6) is -0.468. The smallest absolute Gasteiger partial charge is 0.132 e. The first kappa shape index (κ1) is 16.0. The van der Waals surface area contributed by atoms with Gasteiger partial charge in [-0.05, 0) is 41.1 Å². The van der Waals surface area contributed by atoms with Crippen molar-refractivity contribution in [2.45, 2.75) is 6.54 Å². The van der Waals surface area contributed by atoms with Gasteiger partial charge in [-0.1, -0.05) is 11.6 Å². The summed E-state index contributed by atoms with van der Waals surface area (Å²) in [5.41, 5.74) is 1.69. The number of nitroso groups, excluding NO2 is 1. The molecule has 1 saturated heterocycles. The summed E-state index contributed by atoms with van der Waals surface area (Å²) in [6.07, 6.45) is 0. The van der Waals surface area contributed by atoms with Crippen molar-refractivity contribution in [3.63, 3.8) is 0 Å². The van der Waals surface area contributed by atoms with Gasteiger partial charge in [0.25, 0.3) is 0 Å². The van der Waals surface area contributed by atoms with E-state index in [9.17, 15) is 9.30 Å². The summed E-state index contributed by atoms with van der Waals surface area (Å²) in [6.45, 7) is 3.77. The van der Waals surface area contributed by atoms with Gasteiger partial charge in [0.15, 0.2) is 0 Å². The quantitative estimate of drug-likeness (QED) is 0.630. The van der Waals surface area contributed by atoms with E-state index in [-0.39, 0.29) is 16.4 Å². The first-order valence-electron chi connectivity index (χ1n) is 7.25. The van der Waals surface area contributed by atoms with Gasteiger partial charge >= 0.3 is 0 Å². The third-order valence-electron chi connectivity index (χ3n) is 3.70. The Balaban J connectivity index is 1.92. The van der Waals surface area contributed by atoms with E-state index in [1.54, 1.807) is 12.1 Å². The van der Waals surface area contributed by atoms with Crippen molar-refractivity contribution < 1.29 is 9.13 Å². The molecule has 2 aromatic rings. The average Bonchev–Trinajstić information content (AvgIpc) is 2.55. The molecule has 2 heterocycles. The van der Waals surface area contributed by atoms with Crippen molar-refractivity contribution >= 4 is 17.3 Å². The van der Waals surface area contributed by atoms with Gasteiger partial charge < -0.3 is 4.74 Å². The van der Waals surface area contributed by atoms with E-state index in [2.05, 4.69) is 15.1 Å². The van der Waals surface area contributed by atoms with Gasteiger partial charge in [0.05, 0.1) is 18.9 Å². The standard InChI is InChI=1S/C16H15ClFN3O2/c17-16-8-11(10-21-3-5-23-6-4-21)7-15(19-16)13-9-12(20-22)1-2-14(13)18/h1-2,7-9H,3-6,10H2. The molecule has 1 aromatic carbocycles. The third kappa shape index (κ3) is 3.90. The minimum Gasteiger partial charge on any atom is -0.379 e. The molecule has 3 rings (SSSR count). The summed E-state index contributed by atoms with van der Waals surface area (Å²) in [5, 5.41) is 3.12. The van der Waals surface area contributed by atoms with Crippen LogP contribution in [0.1, 0.15) is 5.56 Å². The van der Waals surface area contributed by atoms with Gasteiger partial charge in [0.2, 0.25) is 0 Å². The van der Waals surface area contributed by atoms with Crippen molar-refractivity contribution in [2.24, 2.45) is 5.18 Å². The Morgan fingerprint density at radius 3 is 2.78 bits per heavy atom. The highest BCUT2D eigenvalue weighted by atomic mass is 35.5. The highest BCUT2D eigenvalue weighted by Crippen LogP contribution is 2.28. The number of hydrogen-bond acceptors (Lipinski definition) is 5. The number of pyridine rings is 1. The fourth-order valence-corrected chi connectivity index (χ4v) is 2.79. The van der Waals surface area contributed by atoms with E-state index in [0.717, 1.165) is 18.7 Å². The molecule has 0 saturated carbocycles. The number of rotatable bonds is 4. The molecule has 23 heavy (non-hydrogen) atoms. The molecule has 0 amide bonds. The Hall–Kier alpha value is -1.89. The van der Waals surface area contributed by atoms with Crippen LogP contribution in [0, 0.1) is 10.7 Å². The number of ether oxygens (including phenoxy) is 1. The SMILES string of the molecule is O=Nc1ccc(F)c(-c2cc(CN3CCOCC3)cc(Cl)n2)c1. The van der Waals surface area contributed by atoms with E-state index in [0.29, 0.717) is 25.5 Å². The Bertz CT molecular complexity index is 720. The topological polar surface area (TPSA) is 54.8 Å². The second kappa shape index (κ2) is 7.12. The molecule has 0 unspecified atom stereocenters. The Morgan fingerprint density at radius 2 is 2.04 bits per heavy atom. The highest BCUT2D eigenvalue weighted by Gasteiger charge is 2.14. The molecular weight excluding hydrogens is 321 g/mol. The maximum Gasteiger partial charge on any atom is 0.132 e. The lowest BCUT2D eigenvalue weighted by Crippen LogP contribution is -2.35. The molecule has 7 heteroatoms. The molecule has 0 atom stereocenters. The van der Waals surface area contributed by atoms with Crippen LogP contribution in [-0.4, -0.2) is 36.2 Å². The predicted molar refractivity (Wildman–Crippen MR) is 86.2 cm³/mol. The van der Waals surface area contributed by atoms with Crippen molar-refractivity contribution in [3.05, 3.63) is 51.8 Å². The van der Waals surface area contributed by atoms with Crippen LogP contribution in [0.4, 0.5) is 10.1 Å².